The number of aromatic nitrogens is 1. The predicted molar refractivity (Wildman–Crippen MR) is 98.2 cm³/mol. The van der Waals surface area contributed by atoms with Crippen LogP contribution in [0.25, 0.3) is 0 Å². The zero-order valence-electron chi connectivity index (χ0n) is 12.7. The summed E-state index contributed by atoms with van der Waals surface area (Å²) in [7, 11) is 0. The number of carbonyl (C=O) groups is 1. The summed E-state index contributed by atoms with van der Waals surface area (Å²) in [6.45, 7) is 0. The summed E-state index contributed by atoms with van der Waals surface area (Å²) in [5.41, 5.74) is 0.649. The van der Waals surface area contributed by atoms with Gasteiger partial charge >= 0.3 is 0 Å². The van der Waals surface area contributed by atoms with Crippen LogP contribution in [0, 0.1) is 0 Å². The molecule has 8 heteroatoms. The molecule has 126 valence electrons. The minimum atomic E-state index is -0.430. The standard InChI is InChI=1S/C17H12ClN3O3S/c18-11-6-7-15(19-10-11)24-13-4-1-3-12(9-13)20-17(25)21-16(22)14-5-2-8-23-14/h1-10H,(H2,20,21,22,25). The summed E-state index contributed by atoms with van der Waals surface area (Å²) in [5, 5.41) is 6.10. The summed E-state index contributed by atoms with van der Waals surface area (Å²) in [4.78, 5) is 15.9. The Morgan fingerprint density at radius 1 is 1.20 bits per heavy atom. The first-order valence-corrected chi connectivity index (χ1v) is 7.94. The van der Waals surface area contributed by atoms with Crippen molar-refractivity contribution < 1.29 is 13.9 Å². The van der Waals surface area contributed by atoms with Gasteiger partial charge in [-0.3, -0.25) is 10.1 Å². The molecule has 2 aromatic heterocycles. The van der Waals surface area contributed by atoms with Crippen LogP contribution in [0.5, 0.6) is 11.6 Å². The second-order valence-corrected chi connectivity index (χ2v) is 5.67. The molecule has 2 N–H and O–H groups in total. The lowest BCUT2D eigenvalue weighted by Gasteiger charge is -2.10. The number of amides is 1. The molecule has 2 heterocycles. The zero-order valence-corrected chi connectivity index (χ0v) is 14.3. The fourth-order valence-corrected chi connectivity index (χ4v) is 2.24. The summed E-state index contributed by atoms with van der Waals surface area (Å²) >= 11 is 10.9. The number of halogens is 1. The average Bonchev–Trinajstić information content (AvgIpc) is 3.12. The average molecular weight is 374 g/mol. The molecule has 0 saturated heterocycles. The van der Waals surface area contributed by atoms with Crippen LogP contribution in [0.15, 0.2) is 65.4 Å². The number of thiocarbonyl (C=S) groups is 1. The van der Waals surface area contributed by atoms with Gasteiger partial charge in [0.05, 0.1) is 11.3 Å². The van der Waals surface area contributed by atoms with E-state index in [1.54, 1.807) is 48.5 Å². The second kappa shape index (κ2) is 7.78. The number of ether oxygens (including phenoxy) is 1. The molecule has 3 aromatic rings. The molecule has 0 saturated carbocycles. The topological polar surface area (TPSA) is 76.4 Å². The summed E-state index contributed by atoms with van der Waals surface area (Å²) < 4.78 is 10.6. The minimum absolute atomic E-state index is 0.142. The van der Waals surface area contributed by atoms with Crippen molar-refractivity contribution in [2.45, 2.75) is 0 Å². The molecule has 0 unspecified atom stereocenters. The predicted octanol–water partition coefficient (Wildman–Crippen LogP) is 4.25. The van der Waals surface area contributed by atoms with E-state index >= 15 is 0 Å². The maximum Gasteiger partial charge on any atom is 0.293 e. The van der Waals surface area contributed by atoms with Gasteiger partial charge in [0.1, 0.15) is 5.75 Å². The van der Waals surface area contributed by atoms with E-state index in [2.05, 4.69) is 15.6 Å². The van der Waals surface area contributed by atoms with Gasteiger partial charge in [-0.25, -0.2) is 4.98 Å². The summed E-state index contributed by atoms with van der Waals surface area (Å²) in [5.74, 6) is 0.713. The number of furan rings is 1. The maximum absolute atomic E-state index is 11.9. The van der Waals surface area contributed by atoms with E-state index in [-0.39, 0.29) is 10.9 Å². The molecule has 0 aliphatic rings. The van der Waals surface area contributed by atoms with Crippen molar-refractivity contribution in [1.29, 1.82) is 0 Å². The molecule has 0 spiro atoms. The number of carbonyl (C=O) groups excluding carboxylic acids is 1. The molecule has 0 bridgehead atoms. The number of nitrogens with zero attached hydrogens (tertiary/aromatic N) is 1. The van der Waals surface area contributed by atoms with E-state index in [1.807, 2.05) is 0 Å². The van der Waals surface area contributed by atoms with Crippen LogP contribution in [-0.2, 0) is 0 Å². The molecular formula is C17H12ClN3O3S. The normalized spacial score (nSPS) is 10.1. The number of benzene rings is 1. The van der Waals surface area contributed by atoms with E-state index in [0.29, 0.717) is 22.3 Å². The molecule has 0 atom stereocenters. The lowest BCUT2D eigenvalue weighted by Crippen LogP contribution is -2.33. The zero-order chi connectivity index (χ0) is 17.6. The first-order chi connectivity index (χ1) is 12.1. The fourth-order valence-electron chi connectivity index (χ4n) is 1.92. The van der Waals surface area contributed by atoms with Crippen molar-refractivity contribution in [2.24, 2.45) is 0 Å². The van der Waals surface area contributed by atoms with Gasteiger partial charge < -0.3 is 14.5 Å². The van der Waals surface area contributed by atoms with Crippen molar-refractivity contribution in [1.82, 2.24) is 10.3 Å². The Balaban J connectivity index is 1.62. The molecule has 0 fully saturated rings. The molecule has 1 amide bonds. The fraction of sp³-hybridized carbons (Fsp3) is 0. The number of nitrogens with one attached hydrogen (secondary N) is 2. The molecule has 6 nitrogen and oxygen atoms in total. The largest absolute Gasteiger partial charge is 0.459 e. The van der Waals surface area contributed by atoms with Crippen molar-refractivity contribution in [2.75, 3.05) is 5.32 Å². The third-order valence-electron chi connectivity index (χ3n) is 2.99. The Morgan fingerprint density at radius 2 is 2.08 bits per heavy atom. The van der Waals surface area contributed by atoms with Gasteiger partial charge in [-0.05, 0) is 42.5 Å². The smallest absolute Gasteiger partial charge is 0.293 e. The van der Waals surface area contributed by atoms with E-state index in [0.717, 1.165) is 0 Å². The number of anilines is 1. The van der Waals surface area contributed by atoms with Crippen LogP contribution in [0.4, 0.5) is 5.69 Å². The molecule has 0 aliphatic heterocycles. The monoisotopic (exact) mass is 373 g/mol. The highest BCUT2D eigenvalue weighted by atomic mass is 35.5. The Kier molecular flexibility index (Phi) is 5.27. The van der Waals surface area contributed by atoms with Gasteiger partial charge in [-0.1, -0.05) is 17.7 Å². The van der Waals surface area contributed by atoms with Crippen LogP contribution in [0.2, 0.25) is 5.02 Å². The Hall–Kier alpha value is -2.90. The highest BCUT2D eigenvalue weighted by Gasteiger charge is 2.10. The van der Waals surface area contributed by atoms with Crippen molar-refractivity contribution in [3.05, 3.63) is 71.8 Å². The van der Waals surface area contributed by atoms with Gasteiger partial charge in [0.2, 0.25) is 5.88 Å². The highest BCUT2D eigenvalue weighted by Crippen LogP contribution is 2.23. The quantitative estimate of drug-likeness (QED) is 0.666. The molecule has 3 rings (SSSR count). The number of rotatable bonds is 4. The van der Waals surface area contributed by atoms with Crippen LogP contribution >= 0.6 is 23.8 Å². The van der Waals surface area contributed by atoms with E-state index in [1.165, 1.54) is 12.5 Å². The summed E-state index contributed by atoms with van der Waals surface area (Å²) in [6, 6.07) is 13.6. The first kappa shape index (κ1) is 16.9. The molecule has 0 aliphatic carbocycles. The second-order valence-electron chi connectivity index (χ2n) is 4.83. The van der Waals surface area contributed by atoms with Gasteiger partial charge in [-0.15, -0.1) is 0 Å². The van der Waals surface area contributed by atoms with Gasteiger partial charge in [-0.2, -0.15) is 0 Å². The third kappa shape index (κ3) is 4.79. The summed E-state index contributed by atoms with van der Waals surface area (Å²) in [6.07, 6.45) is 2.91. The van der Waals surface area contributed by atoms with Crippen molar-refractivity contribution in [3.8, 4) is 11.6 Å². The van der Waals surface area contributed by atoms with Crippen LogP contribution in [0.1, 0.15) is 10.6 Å². The van der Waals surface area contributed by atoms with Gasteiger partial charge in [0.15, 0.2) is 10.9 Å². The van der Waals surface area contributed by atoms with E-state index < -0.39 is 5.91 Å². The van der Waals surface area contributed by atoms with Crippen LogP contribution < -0.4 is 15.4 Å². The van der Waals surface area contributed by atoms with Crippen LogP contribution in [0.3, 0.4) is 0 Å². The van der Waals surface area contributed by atoms with Crippen LogP contribution in [-0.4, -0.2) is 16.0 Å². The van der Waals surface area contributed by atoms with Crippen molar-refractivity contribution >= 4 is 40.5 Å². The maximum atomic E-state index is 11.9. The molecule has 25 heavy (non-hydrogen) atoms. The molecule has 0 radical (unpaired) electrons. The van der Waals surface area contributed by atoms with E-state index in [9.17, 15) is 4.79 Å². The lowest BCUT2D eigenvalue weighted by atomic mass is 10.3. The van der Waals surface area contributed by atoms with E-state index in [4.69, 9.17) is 33.0 Å². The Morgan fingerprint density at radius 3 is 2.80 bits per heavy atom. The number of hydrogen-bond acceptors (Lipinski definition) is 5. The van der Waals surface area contributed by atoms with Gasteiger partial charge in [0, 0.05) is 24.0 Å². The van der Waals surface area contributed by atoms with Gasteiger partial charge in [0.25, 0.3) is 5.91 Å². The van der Waals surface area contributed by atoms with Crippen molar-refractivity contribution in [3.63, 3.8) is 0 Å². The highest BCUT2D eigenvalue weighted by molar-refractivity contribution is 7.80. The molecular weight excluding hydrogens is 362 g/mol. The minimum Gasteiger partial charge on any atom is -0.459 e. The number of hydrogen-bond donors (Lipinski definition) is 2. The SMILES string of the molecule is O=C(NC(=S)Nc1cccc(Oc2ccc(Cl)cn2)c1)c1ccco1. The Labute approximate surface area is 153 Å². The first-order valence-electron chi connectivity index (χ1n) is 7.15. The third-order valence-corrected chi connectivity index (χ3v) is 3.41. The Bertz CT molecular complexity index is 882. The lowest BCUT2D eigenvalue weighted by molar-refractivity contribution is 0.0950. The number of pyridine rings is 1. The molecule has 1 aromatic carbocycles.